The average Bonchev–Trinajstić information content (AvgIpc) is 3.25. The fourth-order valence-corrected chi connectivity index (χ4v) is 7.76. The lowest BCUT2D eigenvalue weighted by molar-refractivity contribution is -0.163. The van der Waals surface area contributed by atoms with Crippen LogP contribution in [0.3, 0.4) is 0 Å². The quantitative estimate of drug-likeness (QED) is 0.0347. The number of rotatable bonds is 49. The Balaban J connectivity index is 4.25. The normalized spacial score (nSPS) is 12.4. The van der Waals surface area contributed by atoms with Crippen LogP contribution < -0.4 is 0 Å². The van der Waals surface area contributed by atoms with Gasteiger partial charge < -0.3 is 14.2 Å². The van der Waals surface area contributed by atoms with Gasteiger partial charge in [-0.05, 0) is 51.4 Å². The zero-order valence-corrected chi connectivity index (χ0v) is 40.5. The summed E-state index contributed by atoms with van der Waals surface area (Å²) in [6, 6.07) is 0. The van der Waals surface area contributed by atoms with Crippen molar-refractivity contribution in [3.8, 4) is 0 Å². The van der Waals surface area contributed by atoms with Crippen molar-refractivity contribution >= 4 is 11.9 Å². The van der Waals surface area contributed by atoms with Gasteiger partial charge in [0.05, 0.1) is 6.61 Å². The van der Waals surface area contributed by atoms with E-state index in [-0.39, 0.29) is 25.2 Å². The van der Waals surface area contributed by atoms with E-state index in [4.69, 9.17) is 14.2 Å². The van der Waals surface area contributed by atoms with E-state index in [2.05, 4.69) is 57.2 Å². The van der Waals surface area contributed by atoms with Gasteiger partial charge in [-0.2, -0.15) is 0 Å². The second kappa shape index (κ2) is 51.5. The molecule has 0 spiro atoms. The Hall–Kier alpha value is -1.88. The summed E-state index contributed by atoms with van der Waals surface area (Å²) in [5.41, 5.74) is 0. The second-order valence-electron chi connectivity index (χ2n) is 17.8. The van der Waals surface area contributed by atoms with Crippen molar-refractivity contribution in [1.82, 2.24) is 0 Å². The number of allylic oxidation sites excluding steroid dienone is 6. The van der Waals surface area contributed by atoms with Crippen LogP contribution in [0, 0.1) is 0 Å². The Morgan fingerprint density at radius 1 is 0.383 bits per heavy atom. The Kier molecular flexibility index (Phi) is 49.9. The Bertz CT molecular complexity index is 955. The lowest BCUT2D eigenvalue weighted by Crippen LogP contribution is -2.30. The first kappa shape index (κ1) is 58.1. The van der Waals surface area contributed by atoms with E-state index in [1.54, 1.807) is 0 Å². The van der Waals surface area contributed by atoms with Crippen LogP contribution in [0.5, 0.6) is 0 Å². The molecule has 5 nitrogen and oxygen atoms in total. The molecular formula is C55H102O5. The molecule has 0 rings (SSSR count). The first-order valence-corrected chi connectivity index (χ1v) is 26.5. The average molecular weight is 843 g/mol. The van der Waals surface area contributed by atoms with Crippen molar-refractivity contribution in [1.29, 1.82) is 0 Å². The molecule has 1 atom stereocenters. The van der Waals surface area contributed by atoms with Crippen LogP contribution in [0.25, 0.3) is 0 Å². The summed E-state index contributed by atoms with van der Waals surface area (Å²) < 4.78 is 17.4. The third-order valence-electron chi connectivity index (χ3n) is 11.7. The van der Waals surface area contributed by atoms with Gasteiger partial charge in [0.15, 0.2) is 6.10 Å². The fourth-order valence-electron chi connectivity index (χ4n) is 7.76. The highest BCUT2D eigenvalue weighted by molar-refractivity contribution is 5.70. The summed E-state index contributed by atoms with van der Waals surface area (Å²) in [5.74, 6) is -0.399. The molecule has 0 heterocycles. The van der Waals surface area contributed by atoms with E-state index in [0.29, 0.717) is 19.4 Å². The molecule has 5 heteroatoms. The van der Waals surface area contributed by atoms with E-state index in [9.17, 15) is 9.59 Å². The van der Waals surface area contributed by atoms with Crippen LogP contribution in [-0.2, 0) is 23.8 Å². The highest BCUT2D eigenvalue weighted by Gasteiger charge is 2.17. The topological polar surface area (TPSA) is 61.8 Å². The fraction of sp³-hybridized carbons (Fsp3) is 0.855. The minimum absolute atomic E-state index is 0.0825. The molecule has 0 aliphatic rings. The molecule has 1 unspecified atom stereocenters. The number of ether oxygens (including phenoxy) is 3. The maximum absolute atomic E-state index is 12.8. The SMILES string of the molecule is CC/C=C\C/C=C\C/C=C\CCCCCCCC(=O)OCC(COCCCCCCCCCCCCCCCC)OC(=O)CCCCCCCCCCCCCCCCC. The maximum Gasteiger partial charge on any atom is 0.306 e. The van der Waals surface area contributed by atoms with Crippen molar-refractivity contribution < 1.29 is 23.8 Å². The molecule has 0 aliphatic heterocycles. The first-order valence-electron chi connectivity index (χ1n) is 26.5. The molecule has 352 valence electrons. The van der Waals surface area contributed by atoms with E-state index in [1.165, 1.54) is 180 Å². The lowest BCUT2D eigenvalue weighted by atomic mass is 10.0. The van der Waals surface area contributed by atoms with Gasteiger partial charge in [0.1, 0.15) is 6.61 Å². The summed E-state index contributed by atoms with van der Waals surface area (Å²) in [7, 11) is 0. The minimum Gasteiger partial charge on any atom is -0.462 e. The molecule has 0 N–H and O–H groups in total. The molecule has 0 radical (unpaired) electrons. The van der Waals surface area contributed by atoms with Crippen LogP contribution >= 0.6 is 0 Å². The number of unbranched alkanes of at least 4 members (excludes halogenated alkanes) is 32. The third kappa shape index (κ3) is 48.8. The number of carbonyl (C=O) groups is 2. The highest BCUT2D eigenvalue weighted by atomic mass is 16.6. The predicted molar refractivity (Wildman–Crippen MR) is 261 cm³/mol. The number of esters is 2. The van der Waals surface area contributed by atoms with E-state index < -0.39 is 6.10 Å². The zero-order chi connectivity index (χ0) is 43.5. The maximum atomic E-state index is 12.8. The van der Waals surface area contributed by atoms with Gasteiger partial charge >= 0.3 is 11.9 Å². The van der Waals surface area contributed by atoms with Crippen LogP contribution in [-0.4, -0.2) is 37.9 Å². The minimum atomic E-state index is -0.536. The molecule has 0 aromatic rings. The molecule has 0 aliphatic carbocycles. The molecule has 0 saturated heterocycles. The van der Waals surface area contributed by atoms with Crippen LogP contribution in [0.4, 0.5) is 0 Å². The number of hydrogen-bond acceptors (Lipinski definition) is 5. The van der Waals surface area contributed by atoms with Crippen molar-refractivity contribution in [2.24, 2.45) is 0 Å². The third-order valence-corrected chi connectivity index (χ3v) is 11.7. The molecule has 0 aromatic carbocycles. The van der Waals surface area contributed by atoms with Crippen molar-refractivity contribution in [2.75, 3.05) is 19.8 Å². The monoisotopic (exact) mass is 843 g/mol. The lowest BCUT2D eigenvalue weighted by Gasteiger charge is -2.18. The Labute approximate surface area is 374 Å². The zero-order valence-electron chi connectivity index (χ0n) is 40.5. The van der Waals surface area contributed by atoms with Crippen molar-refractivity contribution in [2.45, 2.75) is 284 Å². The number of carbonyl (C=O) groups excluding carboxylic acids is 2. The smallest absolute Gasteiger partial charge is 0.306 e. The van der Waals surface area contributed by atoms with Crippen LogP contribution in [0.1, 0.15) is 278 Å². The van der Waals surface area contributed by atoms with Gasteiger partial charge in [-0.15, -0.1) is 0 Å². The molecule has 60 heavy (non-hydrogen) atoms. The summed E-state index contributed by atoms with van der Waals surface area (Å²) >= 11 is 0. The molecule has 0 bridgehead atoms. The molecular weight excluding hydrogens is 741 g/mol. The highest BCUT2D eigenvalue weighted by Crippen LogP contribution is 2.16. The molecule has 0 fully saturated rings. The van der Waals surface area contributed by atoms with Gasteiger partial charge in [-0.3, -0.25) is 9.59 Å². The summed E-state index contributed by atoms with van der Waals surface area (Å²) in [6.07, 6.45) is 61.5. The molecule has 0 saturated carbocycles. The largest absolute Gasteiger partial charge is 0.462 e. The Morgan fingerprint density at radius 3 is 1.20 bits per heavy atom. The van der Waals surface area contributed by atoms with E-state index in [0.717, 1.165) is 64.2 Å². The van der Waals surface area contributed by atoms with E-state index >= 15 is 0 Å². The Morgan fingerprint density at radius 2 is 0.750 bits per heavy atom. The summed E-state index contributed by atoms with van der Waals surface area (Å²) in [4.78, 5) is 25.4. The van der Waals surface area contributed by atoms with Gasteiger partial charge in [-0.1, -0.05) is 250 Å². The van der Waals surface area contributed by atoms with Crippen LogP contribution in [0.2, 0.25) is 0 Å². The number of hydrogen-bond donors (Lipinski definition) is 0. The van der Waals surface area contributed by atoms with Gasteiger partial charge in [-0.25, -0.2) is 0 Å². The summed E-state index contributed by atoms with van der Waals surface area (Å²) in [6.45, 7) is 7.75. The van der Waals surface area contributed by atoms with Gasteiger partial charge in [0, 0.05) is 19.4 Å². The molecule has 0 aromatic heterocycles. The van der Waals surface area contributed by atoms with Crippen molar-refractivity contribution in [3.05, 3.63) is 36.5 Å². The van der Waals surface area contributed by atoms with Gasteiger partial charge in [0.2, 0.25) is 0 Å². The standard InChI is InChI=1S/C55H102O5/c1-4-7-10-13-16-19-22-25-28-30-33-36-39-42-45-48-54(56)59-52-53(51-58-50-47-44-41-38-35-32-27-24-21-18-15-12-9-6-3)60-55(57)49-46-43-40-37-34-31-29-26-23-20-17-14-11-8-5-2/h7,10,16,19,25,28,53H,4-6,8-9,11-15,17-18,20-24,26-27,29-52H2,1-3H3/b10-7-,19-16-,28-25-. The van der Waals surface area contributed by atoms with E-state index in [1.807, 2.05) is 0 Å². The van der Waals surface area contributed by atoms with Crippen molar-refractivity contribution in [3.63, 3.8) is 0 Å². The first-order chi connectivity index (χ1) is 29.6. The predicted octanol–water partition coefficient (Wildman–Crippen LogP) is 17.8. The van der Waals surface area contributed by atoms with Crippen LogP contribution in [0.15, 0.2) is 36.5 Å². The molecule has 0 amide bonds. The summed E-state index contributed by atoms with van der Waals surface area (Å²) in [5, 5.41) is 0. The second-order valence-corrected chi connectivity index (χ2v) is 17.8. The van der Waals surface area contributed by atoms with Gasteiger partial charge in [0.25, 0.3) is 0 Å².